The molecule has 1 heterocycles. The van der Waals surface area contributed by atoms with Crippen LogP contribution in [-0.2, 0) is 17.8 Å². The molecule has 4 heteroatoms. The lowest BCUT2D eigenvalue weighted by atomic mass is 10.1. The molecule has 0 aliphatic heterocycles. The van der Waals surface area contributed by atoms with Crippen molar-refractivity contribution in [3.8, 4) is 10.6 Å². The van der Waals surface area contributed by atoms with E-state index in [0.29, 0.717) is 13.2 Å². The van der Waals surface area contributed by atoms with Crippen molar-refractivity contribution < 1.29 is 4.74 Å². The lowest BCUT2D eigenvalue weighted by Gasteiger charge is -2.02. The van der Waals surface area contributed by atoms with E-state index >= 15 is 0 Å². The molecule has 0 aliphatic carbocycles. The Morgan fingerprint density at radius 3 is 2.72 bits per heavy atom. The van der Waals surface area contributed by atoms with Crippen LogP contribution in [0.3, 0.4) is 0 Å². The molecule has 0 unspecified atom stereocenters. The number of nitrogens with zero attached hydrogens (tertiary/aromatic N) is 1. The van der Waals surface area contributed by atoms with Crippen LogP contribution in [-0.4, -0.2) is 18.1 Å². The van der Waals surface area contributed by atoms with Gasteiger partial charge in [0, 0.05) is 24.0 Å². The van der Waals surface area contributed by atoms with Crippen molar-refractivity contribution in [3.05, 3.63) is 40.9 Å². The molecule has 96 valence electrons. The van der Waals surface area contributed by atoms with Crippen molar-refractivity contribution in [2.75, 3.05) is 13.2 Å². The maximum Gasteiger partial charge on any atom is 0.123 e. The predicted octanol–water partition coefficient (Wildman–Crippen LogP) is 2.85. The van der Waals surface area contributed by atoms with Crippen LogP contribution < -0.4 is 5.73 Å². The third-order valence-electron chi connectivity index (χ3n) is 2.63. The van der Waals surface area contributed by atoms with E-state index in [-0.39, 0.29) is 0 Å². The zero-order valence-electron chi connectivity index (χ0n) is 10.6. The second-order valence-electron chi connectivity index (χ2n) is 4.02. The molecule has 0 bridgehead atoms. The summed E-state index contributed by atoms with van der Waals surface area (Å²) in [6.45, 7) is 4.07. The van der Waals surface area contributed by atoms with Crippen molar-refractivity contribution in [2.45, 2.75) is 20.0 Å². The number of thiazole rings is 1. The summed E-state index contributed by atoms with van der Waals surface area (Å²) >= 11 is 1.67. The molecule has 0 fully saturated rings. The molecule has 0 saturated heterocycles. The van der Waals surface area contributed by atoms with Gasteiger partial charge in [0.15, 0.2) is 0 Å². The first-order valence-electron chi connectivity index (χ1n) is 6.15. The summed E-state index contributed by atoms with van der Waals surface area (Å²) in [5.74, 6) is 0. The van der Waals surface area contributed by atoms with E-state index in [9.17, 15) is 0 Å². The lowest BCUT2D eigenvalue weighted by Crippen LogP contribution is -2.02. The van der Waals surface area contributed by atoms with Crippen LogP contribution in [0.15, 0.2) is 29.6 Å². The summed E-state index contributed by atoms with van der Waals surface area (Å²) in [4.78, 5) is 4.57. The number of hydrogen-bond acceptors (Lipinski definition) is 4. The van der Waals surface area contributed by atoms with Crippen LogP contribution in [0.25, 0.3) is 10.6 Å². The average Bonchev–Trinajstić information content (AvgIpc) is 2.86. The van der Waals surface area contributed by atoms with E-state index in [1.54, 1.807) is 11.3 Å². The van der Waals surface area contributed by atoms with Gasteiger partial charge in [-0.3, -0.25) is 0 Å². The second-order valence-corrected chi connectivity index (χ2v) is 4.87. The lowest BCUT2D eigenvalue weighted by molar-refractivity contribution is 0.134. The van der Waals surface area contributed by atoms with Gasteiger partial charge in [-0.2, -0.15) is 0 Å². The van der Waals surface area contributed by atoms with E-state index in [2.05, 4.69) is 34.6 Å². The van der Waals surface area contributed by atoms with Gasteiger partial charge in [0.05, 0.1) is 12.3 Å². The Labute approximate surface area is 112 Å². The molecule has 0 amide bonds. The number of hydrogen-bond donors (Lipinski definition) is 1. The van der Waals surface area contributed by atoms with E-state index in [1.807, 2.05) is 6.92 Å². The second kappa shape index (κ2) is 6.64. The molecule has 0 atom stereocenters. The van der Waals surface area contributed by atoms with Gasteiger partial charge < -0.3 is 10.5 Å². The number of rotatable bonds is 6. The van der Waals surface area contributed by atoms with Crippen molar-refractivity contribution in [1.29, 1.82) is 0 Å². The molecule has 0 spiro atoms. The Kier molecular flexibility index (Phi) is 4.87. The van der Waals surface area contributed by atoms with E-state index in [4.69, 9.17) is 10.5 Å². The highest BCUT2D eigenvalue weighted by molar-refractivity contribution is 7.13. The maximum atomic E-state index is 5.53. The Morgan fingerprint density at radius 1 is 1.28 bits per heavy atom. The van der Waals surface area contributed by atoms with Gasteiger partial charge in [-0.25, -0.2) is 4.98 Å². The zero-order valence-corrected chi connectivity index (χ0v) is 11.4. The Hall–Kier alpha value is -1.23. The largest absolute Gasteiger partial charge is 0.377 e. The van der Waals surface area contributed by atoms with Crippen LogP contribution in [0.5, 0.6) is 0 Å². The topological polar surface area (TPSA) is 48.1 Å². The third-order valence-corrected chi connectivity index (χ3v) is 3.57. The van der Waals surface area contributed by atoms with Crippen LogP contribution in [0.1, 0.15) is 18.2 Å². The minimum absolute atomic E-state index is 0.649. The standard InChI is InChI=1S/C14H18N2OS/c1-2-17-9-11-3-5-12(6-4-11)14-16-13(7-8-15)10-18-14/h3-6,10H,2,7-9,15H2,1H3. The molecule has 18 heavy (non-hydrogen) atoms. The first-order valence-corrected chi connectivity index (χ1v) is 7.03. The van der Waals surface area contributed by atoms with Crippen LogP contribution in [0.2, 0.25) is 0 Å². The summed E-state index contributed by atoms with van der Waals surface area (Å²) in [5.41, 5.74) is 8.95. The number of nitrogens with two attached hydrogens (primary N) is 1. The van der Waals surface area contributed by atoms with Gasteiger partial charge in [-0.05, 0) is 19.0 Å². The van der Waals surface area contributed by atoms with Crippen molar-refractivity contribution >= 4 is 11.3 Å². The van der Waals surface area contributed by atoms with Gasteiger partial charge in [-0.15, -0.1) is 11.3 Å². The molecular formula is C14H18N2OS. The molecular weight excluding hydrogens is 244 g/mol. The zero-order chi connectivity index (χ0) is 12.8. The molecule has 1 aromatic heterocycles. The fraction of sp³-hybridized carbons (Fsp3) is 0.357. The normalized spacial score (nSPS) is 10.8. The minimum Gasteiger partial charge on any atom is -0.377 e. The molecule has 0 saturated carbocycles. The van der Waals surface area contributed by atoms with Crippen molar-refractivity contribution in [3.63, 3.8) is 0 Å². The van der Waals surface area contributed by atoms with Crippen LogP contribution in [0.4, 0.5) is 0 Å². The van der Waals surface area contributed by atoms with Crippen LogP contribution >= 0.6 is 11.3 Å². The molecule has 2 N–H and O–H groups in total. The first-order chi connectivity index (χ1) is 8.83. The van der Waals surface area contributed by atoms with Gasteiger partial charge in [-0.1, -0.05) is 24.3 Å². The summed E-state index contributed by atoms with van der Waals surface area (Å²) < 4.78 is 5.37. The highest BCUT2D eigenvalue weighted by Crippen LogP contribution is 2.24. The molecule has 2 rings (SSSR count). The molecule has 1 aromatic carbocycles. The van der Waals surface area contributed by atoms with Crippen LogP contribution in [0, 0.1) is 0 Å². The summed E-state index contributed by atoms with van der Waals surface area (Å²) in [6, 6.07) is 8.38. The summed E-state index contributed by atoms with van der Waals surface area (Å²) in [5, 5.41) is 3.14. The number of aromatic nitrogens is 1. The van der Waals surface area contributed by atoms with Gasteiger partial charge >= 0.3 is 0 Å². The van der Waals surface area contributed by atoms with Crippen molar-refractivity contribution in [2.24, 2.45) is 5.73 Å². The van der Waals surface area contributed by atoms with Crippen molar-refractivity contribution in [1.82, 2.24) is 4.98 Å². The number of ether oxygens (including phenoxy) is 1. The SMILES string of the molecule is CCOCc1ccc(-c2nc(CCN)cs2)cc1. The third kappa shape index (κ3) is 3.38. The highest BCUT2D eigenvalue weighted by Gasteiger charge is 2.04. The summed E-state index contributed by atoms with van der Waals surface area (Å²) in [7, 11) is 0. The quantitative estimate of drug-likeness (QED) is 0.871. The highest BCUT2D eigenvalue weighted by atomic mass is 32.1. The summed E-state index contributed by atoms with van der Waals surface area (Å²) in [6.07, 6.45) is 0.846. The van der Waals surface area contributed by atoms with E-state index in [1.165, 1.54) is 5.56 Å². The number of benzene rings is 1. The molecule has 3 nitrogen and oxygen atoms in total. The Balaban J connectivity index is 2.07. The Bertz CT molecular complexity index is 479. The van der Waals surface area contributed by atoms with Gasteiger partial charge in [0.1, 0.15) is 5.01 Å². The molecule has 0 aliphatic rings. The Morgan fingerprint density at radius 2 is 2.06 bits per heavy atom. The smallest absolute Gasteiger partial charge is 0.123 e. The first kappa shape index (κ1) is 13.2. The monoisotopic (exact) mass is 262 g/mol. The predicted molar refractivity (Wildman–Crippen MR) is 75.6 cm³/mol. The minimum atomic E-state index is 0.649. The average molecular weight is 262 g/mol. The fourth-order valence-corrected chi connectivity index (χ4v) is 2.53. The van der Waals surface area contributed by atoms with Gasteiger partial charge in [0.25, 0.3) is 0 Å². The fourth-order valence-electron chi connectivity index (χ4n) is 1.67. The van der Waals surface area contributed by atoms with E-state index < -0.39 is 0 Å². The van der Waals surface area contributed by atoms with E-state index in [0.717, 1.165) is 29.3 Å². The maximum absolute atomic E-state index is 5.53. The molecule has 2 aromatic rings. The van der Waals surface area contributed by atoms with Gasteiger partial charge in [0.2, 0.25) is 0 Å². The molecule has 0 radical (unpaired) electrons.